The van der Waals surface area contributed by atoms with Crippen LogP contribution in [0.4, 0.5) is 0 Å². The summed E-state index contributed by atoms with van der Waals surface area (Å²) in [6.07, 6.45) is 4.72. The van der Waals surface area contributed by atoms with Gasteiger partial charge in [-0.2, -0.15) is 0 Å². The Balaban J connectivity index is 2.74. The lowest BCUT2D eigenvalue weighted by atomic mass is 10.1. The molecule has 1 aromatic heterocycles. The molecule has 0 aliphatic heterocycles. The molecule has 0 saturated heterocycles. The van der Waals surface area contributed by atoms with E-state index in [1.165, 1.54) is 0 Å². The molecule has 0 N–H and O–H groups in total. The monoisotopic (exact) mass is 169 g/mol. The summed E-state index contributed by atoms with van der Waals surface area (Å²) in [5.74, 6) is 0. The zero-order chi connectivity index (χ0) is 8.10. The van der Waals surface area contributed by atoms with Gasteiger partial charge in [0.15, 0.2) is 0 Å². The van der Waals surface area contributed by atoms with Crippen molar-refractivity contribution < 1.29 is 4.52 Å². The Bertz CT molecular complexity index is 199. The molecule has 1 unspecified atom stereocenters. The lowest BCUT2D eigenvalue weighted by Crippen LogP contribution is -1.96. The van der Waals surface area contributed by atoms with E-state index in [0.29, 0.717) is 0 Å². The van der Waals surface area contributed by atoms with Gasteiger partial charge in [0.05, 0.1) is 6.10 Å². The molecule has 0 bridgehead atoms. The maximum atomic E-state index is 5.16. The zero-order valence-electron chi connectivity index (χ0n) is 6.53. The SMILES string of the molecule is CC[C@H](OP)c1cccnc1. The Hall–Kier alpha value is -0.460. The minimum absolute atomic E-state index is 0.161. The van der Waals surface area contributed by atoms with Gasteiger partial charge in [-0.15, -0.1) is 0 Å². The highest BCUT2D eigenvalue weighted by Crippen LogP contribution is 2.21. The molecule has 3 heteroatoms. The van der Waals surface area contributed by atoms with Gasteiger partial charge in [0, 0.05) is 21.9 Å². The number of rotatable bonds is 3. The maximum Gasteiger partial charge on any atom is 0.0872 e. The highest BCUT2D eigenvalue weighted by atomic mass is 31.0. The maximum absolute atomic E-state index is 5.16. The minimum atomic E-state index is 0.161. The highest BCUT2D eigenvalue weighted by molar-refractivity contribution is 7.09. The molecule has 0 spiro atoms. The quantitative estimate of drug-likeness (QED) is 0.648. The van der Waals surface area contributed by atoms with Gasteiger partial charge in [0.1, 0.15) is 0 Å². The molecular weight excluding hydrogens is 157 g/mol. The van der Waals surface area contributed by atoms with Crippen molar-refractivity contribution in [1.29, 1.82) is 0 Å². The molecule has 1 aromatic rings. The summed E-state index contributed by atoms with van der Waals surface area (Å²) in [5.41, 5.74) is 1.13. The third-order valence-corrected chi connectivity index (χ3v) is 1.92. The molecule has 1 heterocycles. The van der Waals surface area contributed by atoms with Gasteiger partial charge in [-0.05, 0) is 18.1 Å². The van der Waals surface area contributed by atoms with Crippen molar-refractivity contribution in [2.75, 3.05) is 0 Å². The van der Waals surface area contributed by atoms with Crippen LogP contribution in [-0.4, -0.2) is 4.98 Å². The number of pyridine rings is 1. The summed E-state index contributed by atoms with van der Waals surface area (Å²) in [6.45, 7) is 2.09. The summed E-state index contributed by atoms with van der Waals surface area (Å²) < 4.78 is 5.16. The molecule has 0 aromatic carbocycles. The number of nitrogens with zero attached hydrogens (tertiary/aromatic N) is 1. The molecule has 1 rings (SSSR count). The van der Waals surface area contributed by atoms with Crippen molar-refractivity contribution in [2.24, 2.45) is 0 Å². The van der Waals surface area contributed by atoms with Gasteiger partial charge >= 0.3 is 0 Å². The summed E-state index contributed by atoms with van der Waals surface area (Å²) in [4.78, 5) is 4.01. The van der Waals surface area contributed by atoms with Crippen molar-refractivity contribution >= 4 is 9.47 Å². The molecule has 0 fully saturated rings. The summed E-state index contributed by atoms with van der Waals surface area (Å²) in [6, 6.07) is 3.94. The van der Waals surface area contributed by atoms with E-state index >= 15 is 0 Å². The molecule has 2 atom stereocenters. The molecule has 2 nitrogen and oxygen atoms in total. The van der Waals surface area contributed by atoms with Gasteiger partial charge in [-0.3, -0.25) is 4.98 Å². The van der Waals surface area contributed by atoms with E-state index in [4.69, 9.17) is 4.52 Å². The van der Waals surface area contributed by atoms with Crippen LogP contribution in [0.1, 0.15) is 25.0 Å². The third-order valence-electron chi connectivity index (χ3n) is 1.59. The van der Waals surface area contributed by atoms with Gasteiger partial charge in [0.25, 0.3) is 0 Å². The van der Waals surface area contributed by atoms with E-state index in [-0.39, 0.29) is 6.10 Å². The van der Waals surface area contributed by atoms with Crippen LogP contribution in [0.5, 0.6) is 0 Å². The Morgan fingerprint density at radius 1 is 1.73 bits per heavy atom. The van der Waals surface area contributed by atoms with Crippen LogP contribution in [0.25, 0.3) is 0 Å². The Kier molecular flexibility index (Phi) is 3.47. The number of hydrogen-bond acceptors (Lipinski definition) is 2. The summed E-state index contributed by atoms with van der Waals surface area (Å²) >= 11 is 0. The summed E-state index contributed by atoms with van der Waals surface area (Å²) in [7, 11) is 2.28. The average Bonchev–Trinajstić information content (AvgIpc) is 2.09. The Labute approximate surface area is 69.3 Å². The number of aromatic nitrogens is 1. The fourth-order valence-electron chi connectivity index (χ4n) is 0.977. The molecule has 0 aliphatic rings. The normalized spacial score (nSPS) is 12.9. The molecule has 0 radical (unpaired) electrons. The van der Waals surface area contributed by atoms with Crippen LogP contribution in [-0.2, 0) is 4.52 Å². The van der Waals surface area contributed by atoms with E-state index in [1.54, 1.807) is 6.20 Å². The zero-order valence-corrected chi connectivity index (χ0v) is 7.68. The van der Waals surface area contributed by atoms with Crippen molar-refractivity contribution in [1.82, 2.24) is 4.98 Å². The fourth-order valence-corrected chi connectivity index (χ4v) is 1.33. The molecule has 0 amide bonds. The molecule has 0 aliphatic carbocycles. The van der Waals surface area contributed by atoms with Gasteiger partial charge < -0.3 is 4.52 Å². The van der Waals surface area contributed by atoms with Crippen LogP contribution in [0, 0.1) is 0 Å². The third kappa shape index (κ3) is 2.25. The van der Waals surface area contributed by atoms with Gasteiger partial charge in [-0.25, -0.2) is 0 Å². The first-order valence-electron chi connectivity index (χ1n) is 3.64. The van der Waals surface area contributed by atoms with E-state index in [9.17, 15) is 0 Å². The van der Waals surface area contributed by atoms with E-state index < -0.39 is 0 Å². The minimum Gasteiger partial charge on any atom is -0.358 e. The van der Waals surface area contributed by atoms with Crippen molar-refractivity contribution in [3.8, 4) is 0 Å². The van der Waals surface area contributed by atoms with Crippen molar-refractivity contribution in [3.63, 3.8) is 0 Å². The van der Waals surface area contributed by atoms with E-state index in [0.717, 1.165) is 12.0 Å². The second-order valence-electron chi connectivity index (χ2n) is 2.32. The van der Waals surface area contributed by atoms with Crippen molar-refractivity contribution in [2.45, 2.75) is 19.4 Å². The van der Waals surface area contributed by atoms with Crippen LogP contribution < -0.4 is 0 Å². The molecule has 60 valence electrons. The van der Waals surface area contributed by atoms with Gasteiger partial charge in [-0.1, -0.05) is 13.0 Å². The van der Waals surface area contributed by atoms with Gasteiger partial charge in [0.2, 0.25) is 0 Å². The Morgan fingerprint density at radius 2 is 2.55 bits per heavy atom. The summed E-state index contributed by atoms with van der Waals surface area (Å²) in [5, 5.41) is 0. The van der Waals surface area contributed by atoms with E-state index in [1.807, 2.05) is 18.3 Å². The topological polar surface area (TPSA) is 22.1 Å². The van der Waals surface area contributed by atoms with Crippen LogP contribution in [0.15, 0.2) is 24.5 Å². The molecular formula is C8H12NOP. The van der Waals surface area contributed by atoms with Crippen LogP contribution in [0.2, 0.25) is 0 Å². The second kappa shape index (κ2) is 4.42. The standard InChI is InChI=1S/C8H12NOP/c1-2-8(10-11)7-4-3-5-9-6-7/h3-6,8H,2,11H2,1H3/t8-/m0/s1. The first kappa shape index (κ1) is 8.63. The lowest BCUT2D eigenvalue weighted by molar-refractivity contribution is 0.240. The smallest absolute Gasteiger partial charge is 0.0872 e. The molecule has 0 saturated carbocycles. The van der Waals surface area contributed by atoms with Crippen LogP contribution >= 0.6 is 9.47 Å². The predicted octanol–water partition coefficient (Wildman–Crippen LogP) is 2.34. The fraction of sp³-hybridized carbons (Fsp3) is 0.375. The first-order chi connectivity index (χ1) is 5.38. The van der Waals surface area contributed by atoms with Crippen molar-refractivity contribution in [3.05, 3.63) is 30.1 Å². The van der Waals surface area contributed by atoms with E-state index in [2.05, 4.69) is 21.4 Å². The molecule has 11 heavy (non-hydrogen) atoms. The number of hydrogen-bond donors (Lipinski definition) is 0. The first-order valence-corrected chi connectivity index (χ1v) is 4.11. The lowest BCUT2D eigenvalue weighted by Gasteiger charge is -2.11. The average molecular weight is 169 g/mol. The Morgan fingerprint density at radius 3 is 3.00 bits per heavy atom. The highest BCUT2D eigenvalue weighted by Gasteiger charge is 2.05. The predicted molar refractivity (Wildman–Crippen MR) is 48.1 cm³/mol. The second-order valence-corrected chi connectivity index (χ2v) is 2.59. The van der Waals surface area contributed by atoms with Crippen LogP contribution in [0.3, 0.4) is 0 Å². The largest absolute Gasteiger partial charge is 0.358 e.